The molecule has 2 rings (SSSR count). The minimum Gasteiger partial charge on any atom is -0.382 e. The summed E-state index contributed by atoms with van der Waals surface area (Å²) >= 11 is 0. The van der Waals surface area contributed by atoms with Crippen LogP contribution in [0.3, 0.4) is 0 Å². The van der Waals surface area contributed by atoms with Crippen LogP contribution in [0.1, 0.15) is 24.8 Å². The van der Waals surface area contributed by atoms with Crippen LogP contribution in [0.2, 0.25) is 0 Å². The Morgan fingerprint density at radius 1 is 1.10 bits per heavy atom. The predicted molar refractivity (Wildman–Crippen MR) is 125 cm³/mol. The second-order valence-corrected chi connectivity index (χ2v) is 8.50. The van der Waals surface area contributed by atoms with E-state index in [4.69, 9.17) is 9.47 Å². The summed E-state index contributed by atoms with van der Waals surface area (Å²) < 4.78 is 37.0. The second-order valence-electron chi connectivity index (χ2n) is 6.57. The topological polar surface area (TPSA) is 92.3 Å². The largest absolute Gasteiger partial charge is 0.382 e. The Morgan fingerprint density at radius 3 is 2.41 bits per heavy atom. The lowest BCUT2D eigenvalue weighted by atomic mass is 10.2. The van der Waals surface area contributed by atoms with E-state index in [9.17, 15) is 8.42 Å². The highest BCUT2D eigenvalue weighted by Crippen LogP contribution is 2.21. The average Bonchev–Trinajstić information content (AvgIpc) is 3.25. The molecule has 1 heterocycles. The average molecular weight is 540 g/mol. The van der Waals surface area contributed by atoms with E-state index in [-0.39, 0.29) is 24.0 Å². The first-order chi connectivity index (χ1) is 13.6. The molecule has 1 aliphatic rings. The fraction of sp³-hybridized carbons (Fsp3) is 0.632. The molecule has 0 aliphatic carbocycles. The highest BCUT2D eigenvalue weighted by atomic mass is 127. The van der Waals surface area contributed by atoms with Gasteiger partial charge in [-0.25, -0.2) is 8.42 Å². The van der Waals surface area contributed by atoms with Crippen LogP contribution in [-0.4, -0.2) is 72.3 Å². The van der Waals surface area contributed by atoms with Crippen molar-refractivity contribution in [2.75, 3.05) is 53.6 Å². The number of sulfonamides is 1. The molecule has 29 heavy (non-hydrogen) atoms. The lowest BCUT2D eigenvalue weighted by Crippen LogP contribution is -2.37. The van der Waals surface area contributed by atoms with E-state index in [1.54, 1.807) is 30.6 Å². The molecule has 1 saturated heterocycles. The molecule has 0 amide bonds. The first-order valence-electron chi connectivity index (χ1n) is 9.68. The molecule has 0 spiro atoms. The fourth-order valence-corrected chi connectivity index (χ4v) is 4.41. The van der Waals surface area contributed by atoms with Crippen molar-refractivity contribution in [1.29, 1.82) is 0 Å². The van der Waals surface area contributed by atoms with Crippen molar-refractivity contribution in [2.45, 2.75) is 30.7 Å². The number of aliphatic imine (C=N–C) groups is 1. The molecule has 1 aliphatic heterocycles. The van der Waals surface area contributed by atoms with E-state index in [0.29, 0.717) is 50.3 Å². The molecule has 0 unspecified atom stereocenters. The molecular weight excluding hydrogens is 507 g/mol. The van der Waals surface area contributed by atoms with E-state index in [0.717, 1.165) is 31.4 Å². The lowest BCUT2D eigenvalue weighted by Gasteiger charge is -2.16. The maximum Gasteiger partial charge on any atom is 0.243 e. The molecule has 0 saturated carbocycles. The van der Waals surface area contributed by atoms with Gasteiger partial charge in [-0.15, -0.1) is 24.0 Å². The van der Waals surface area contributed by atoms with E-state index in [2.05, 4.69) is 15.6 Å². The SMILES string of the molecule is CN=C(NCCCOCCOC)NCc1ccc(S(=O)(=O)N2CCCC2)cc1.I. The van der Waals surface area contributed by atoms with Crippen molar-refractivity contribution < 1.29 is 17.9 Å². The lowest BCUT2D eigenvalue weighted by molar-refractivity contribution is 0.0698. The standard InChI is InChI=1S/C19H32N4O4S.HI/c1-20-19(21-10-5-13-27-15-14-26-2)22-16-17-6-8-18(9-7-17)28(24,25)23-11-3-4-12-23;/h6-9H,3-5,10-16H2,1-2H3,(H2,20,21,22);1H. The monoisotopic (exact) mass is 540 g/mol. The Labute approximate surface area is 191 Å². The van der Waals surface area contributed by atoms with Gasteiger partial charge in [0.2, 0.25) is 10.0 Å². The smallest absolute Gasteiger partial charge is 0.243 e. The molecule has 1 aromatic rings. The van der Waals surface area contributed by atoms with E-state index >= 15 is 0 Å². The minimum atomic E-state index is -3.36. The van der Waals surface area contributed by atoms with Gasteiger partial charge < -0.3 is 20.1 Å². The van der Waals surface area contributed by atoms with Crippen molar-refractivity contribution >= 4 is 40.0 Å². The third-order valence-corrected chi connectivity index (χ3v) is 6.41. The zero-order valence-electron chi connectivity index (χ0n) is 17.2. The van der Waals surface area contributed by atoms with Crippen LogP contribution >= 0.6 is 24.0 Å². The number of halogens is 1. The summed E-state index contributed by atoms with van der Waals surface area (Å²) in [5.74, 6) is 0.700. The highest BCUT2D eigenvalue weighted by Gasteiger charge is 2.26. The molecule has 1 fully saturated rings. The van der Waals surface area contributed by atoms with Crippen LogP contribution < -0.4 is 10.6 Å². The van der Waals surface area contributed by atoms with Crippen molar-refractivity contribution in [2.24, 2.45) is 4.99 Å². The van der Waals surface area contributed by atoms with Gasteiger partial charge in [0.25, 0.3) is 0 Å². The van der Waals surface area contributed by atoms with Gasteiger partial charge in [0.1, 0.15) is 0 Å². The summed E-state index contributed by atoms with van der Waals surface area (Å²) in [6.45, 7) is 4.42. The number of rotatable bonds is 11. The van der Waals surface area contributed by atoms with E-state index in [1.165, 1.54) is 0 Å². The van der Waals surface area contributed by atoms with Crippen molar-refractivity contribution in [3.63, 3.8) is 0 Å². The number of nitrogens with one attached hydrogen (secondary N) is 2. The molecular formula is C19H33IN4O4S. The molecule has 0 aromatic heterocycles. The Kier molecular flexibility index (Phi) is 12.7. The van der Waals surface area contributed by atoms with Crippen LogP contribution in [0.25, 0.3) is 0 Å². The highest BCUT2D eigenvalue weighted by molar-refractivity contribution is 14.0. The van der Waals surface area contributed by atoms with E-state index in [1.807, 2.05) is 12.1 Å². The summed E-state index contributed by atoms with van der Waals surface area (Å²) in [6, 6.07) is 7.04. The van der Waals surface area contributed by atoms with E-state index < -0.39 is 10.0 Å². The maximum atomic E-state index is 12.6. The number of ether oxygens (including phenoxy) is 2. The summed E-state index contributed by atoms with van der Waals surface area (Å²) in [5.41, 5.74) is 0.992. The van der Waals surface area contributed by atoms with Gasteiger partial charge in [0.15, 0.2) is 5.96 Å². The Morgan fingerprint density at radius 2 is 1.79 bits per heavy atom. The van der Waals surface area contributed by atoms with Crippen LogP contribution in [0.4, 0.5) is 0 Å². The van der Waals surface area contributed by atoms with Gasteiger partial charge in [-0.2, -0.15) is 4.31 Å². The summed E-state index contributed by atoms with van der Waals surface area (Å²) in [5, 5.41) is 6.46. The number of hydrogen-bond acceptors (Lipinski definition) is 5. The second kappa shape index (κ2) is 14.1. The molecule has 1 aromatic carbocycles. The summed E-state index contributed by atoms with van der Waals surface area (Å²) in [4.78, 5) is 4.55. The zero-order valence-corrected chi connectivity index (χ0v) is 20.4. The van der Waals surface area contributed by atoms with Crippen LogP contribution in [0.15, 0.2) is 34.2 Å². The fourth-order valence-electron chi connectivity index (χ4n) is 2.89. The summed E-state index contributed by atoms with van der Waals surface area (Å²) in [6.07, 6.45) is 2.74. The Hall–Kier alpha value is -0.950. The van der Waals surface area contributed by atoms with Crippen LogP contribution in [-0.2, 0) is 26.0 Å². The maximum absolute atomic E-state index is 12.6. The van der Waals surface area contributed by atoms with Crippen molar-refractivity contribution in [3.05, 3.63) is 29.8 Å². The number of nitrogens with zero attached hydrogens (tertiary/aromatic N) is 2. The molecule has 0 bridgehead atoms. The van der Waals surface area contributed by atoms with Gasteiger partial charge >= 0.3 is 0 Å². The third kappa shape index (κ3) is 8.75. The molecule has 8 nitrogen and oxygen atoms in total. The quantitative estimate of drug-likeness (QED) is 0.193. The molecule has 166 valence electrons. The van der Waals surface area contributed by atoms with Gasteiger partial charge in [-0.1, -0.05) is 12.1 Å². The first kappa shape index (κ1) is 26.1. The zero-order chi connectivity index (χ0) is 20.2. The third-order valence-electron chi connectivity index (χ3n) is 4.50. The van der Waals surface area contributed by atoms with Crippen molar-refractivity contribution in [1.82, 2.24) is 14.9 Å². The van der Waals surface area contributed by atoms with Gasteiger partial charge in [-0.3, -0.25) is 4.99 Å². The van der Waals surface area contributed by atoms with Crippen molar-refractivity contribution in [3.8, 4) is 0 Å². The summed E-state index contributed by atoms with van der Waals surface area (Å²) in [7, 11) is 0.0140. The normalized spacial score (nSPS) is 15.2. The number of methoxy groups -OCH3 is 1. The minimum absolute atomic E-state index is 0. The molecule has 0 atom stereocenters. The van der Waals surface area contributed by atoms with Gasteiger partial charge in [0, 0.05) is 46.9 Å². The predicted octanol–water partition coefficient (Wildman–Crippen LogP) is 1.81. The molecule has 2 N–H and O–H groups in total. The Balaban J connectivity index is 0.00000420. The molecule has 0 radical (unpaired) electrons. The van der Waals surface area contributed by atoms with Gasteiger partial charge in [-0.05, 0) is 37.0 Å². The van der Waals surface area contributed by atoms with Crippen LogP contribution in [0.5, 0.6) is 0 Å². The Bertz CT molecular complexity index is 707. The molecule has 10 heteroatoms. The number of guanidine groups is 1. The number of benzene rings is 1. The van der Waals surface area contributed by atoms with Crippen LogP contribution in [0, 0.1) is 0 Å². The van der Waals surface area contributed by atoms with Gasteiger partial charge in [0.05, 0.1) is 18.1 Å². The number of hydrogen-bond donors (Lipinski definition) is 2. The first-order valence-corrected chi connectivity index (χ1v) is 11.1.